The lowest BCUT2D eigenvalue weighted by Gasteiger charge is -2.27. The van der Waals surface area contributed by atoms with Gasteiger partial charge in [0.25, 0.3) is 0 Å². The fraction of sp³-hybridized carbons (Fsp3) is 0.125. The highest BCUT2D eigenvalue weighted by Gasteiger charge is 2.51. The van der Waals surface area contributed by atoms with E-state index in [-0.39, 0.29) is 22.0 Å². The number of rotatable bonds is 2. The van der Waals surface area contributed by atoms with Crippen molar-refractivity contribution in [3.63, 3.8) is 0 Å². The maximum absolute atomic E-state index is 14.6. The molecule has 5 aromatic rings. The Balaban J connectivity index is 1.90. The van der Waals surface area contributed by atoms with Crippen molar-refractivity contribution in [2.45, 2.75) is 18.7 Å². The molecule has 0 spiro atoms. The van der Waals surface area contributed by atoms with Crippen molar-refractivity contribution in [2.75, 3.05) is 0 Å². The SMILES string of the molecule is CC(O)(c1ccc2c(c1)c1cc(I)ccc1c1nc(-c3c(F)cccc3Cl)[nH]c21)C(F)(F)F. The third kappa shape index (κ3) is 3.46. The van der Waals surface area contributed by atoms with Crippen LogP contribution in [0, 0.1) is 9.39 Å². The molecule has 1 heterocycles. The minimum atomic E-state index is -4.85. The van der Waals surface area contributed by atoms with Crippen molar-refractivity contribution in [3.8, 4) is 11.4 Å². The Labute approximate surface area is 203 Å². The summed E-state index contributed by atoms with van der Waals surface area (Å²) < 4.78 is 55.9. The van der Waals surface area contributed by atoms with E-state index in [1.54, 1.807) is 6.07 Å². The summed E-state index contributed by atoms with van der Waals surface area (Å²) in [5, 5.41) is 12.9. The van der Waals surface area contributed by atoms with Crippen LogP contribution in [0.2, 0.25) is 5.02 Å². The van der Waals surface area contributed by atoms with Gasteiger partial charge in [0.1, 0.15) is 11.6 Å². The molecule has 0 aliphatic rings. The lowest BCUT2D eigenvalue weighted by molar-refractivity contribution is -0.258. The molecule has 2 N–H and O–H groups in total. The molecule has 0 saturated heterocycles. The molecular weight excluding hydrogens is 571 g/mol. The minimum absolute atomic E-state index is 0.110. The van der Waals surface area contributed by atoms with Gasteiger partial charge in [0.05, 0.1) is 21.6 Å². The summed E-state index contributed by atoms with van der Waals surface area (Å²) in [4.78, 5) is 7.72. The van der Waals surface area contributed by atoms with Crippen molar-refractivity contribution in [2.24, 2.45) is 0 Å². The summed E-state index contributed by atoms with van der Waals surface area (Å²) in [5.41, 5.74) is -2.12. The van der Waals surface area contributed by atoms with Gasteiger partial charge in [-0.1, -0.05) is 35.9 Å². The second-order valence-electron chi connectivity index (χ2n) is 7.93. The summed E-state index contributed by atoms with van der Waals surface area (Å²) in [7, 11) is 0. The van der Waals surface area contributed by atoms with Crippen molar-refractivity contribution < 1.29 is 22.7 Å². The van der Waals surface area contributed by atoms with Crippen LogP contribution in [0.4, 0.5) is 17.6 Å². The van der Waals surface area contributed by atoms with Crippen molar-refractivity contribution in [1.29, 1.82) is 0 Å². The Bertz CT molecular complexity index is 1560. The molecule has 0 bridgehead atoms. The van der Waals surface area contributed by atoms with Crippen LogP contribution in [-0.4, -0.2) is 21.3 Å². The van der Waals surface area contributed by atoms with Crippen LogP contribution >= 0.6 is 34.2 Å². The fourth-order valence-corrected chi connectivity index (χ4v) is 4.75. The first kappa shape index (κ1) is 22.4. The first-order chi connectivity index (χ1) is 15.5. The Morgan fingerprint density at radius 3 is 2.36 bits per heavy atom. The number of hydrogen-bond acceptors (Lipinski definition) is 2. The number of benzene rings is 4. The highest BCUT2D eigenvalue weighted by molar-refractivity contribution is 14.1. The Kier molecular flexibility index (Phi) is 5.11. The van der Waals surface area contributed by atoms with Gasteiger partial charge in [-0.25, -0.2) is 9.37 Å². The van der Waals surface area contributed by atoms with Crippen molar-refractivity contribution in [3.05, 3.63) is 74.6 Å². The first-order valence-electron chi connectivity index (χ1n) is 9.77. The van der Waals surface area contributed by atoms with Crippen LogP contribution in [0.5, 0.6) is 0 Å². The molecule has 0 radical (unpaired) electrons. The topological polar surface area (TPSA) is 48.9 Å². The molecule has 1 atom stereocenters. The second-order valence-corrected chi connectivity index (χ2v) is 9.58. The number of hydrogen-bond donors (Lipinski definition) is 2. The summed E-state index contributed by atoms with van der Waals surface area (Å²) in [6.45, 7) is 0.729. The molecule has 4 aromatic carbocycles. The summed E-state index contributed by atoms with van der Waals surface area (Å²) in [5.74, 6) is -0.333. The highest BCUT2D eigenvalue weighted by Crippen LogP contribution is 2.42. The van der Waals surface area contributed by atoms with Crippen LogP contribution in [0.15, 0.2) is 54.6 Å². The van der Waals surface area contributed by atoms with E-state index in [0.29, 0.717) is 32.6 Å². The van der Waals surface area contributed by atoms with Gasteiger partial charge in [0.2, 0.25) is 0 Å². The largest absolute Gasteiger partial charge is 0.421 e. The van der Waals surface area contributed by atoms with E-state index in [1.165, 1.54) is 30.3 Å². The van der Waals surface area contributed by atoms with E-state index in [0.717, 1.165) is 10.5 Å². The molecule has 0 saturated carbocycles. The number of fused-ring (bicyclic) bond motifs is 6. The van der Waals surface area contributed by atoms with E-state index in [9.17, 15) is 22.7 Å². The Hall–Kier alpha value is -2.43. The van der Waals surface area contributed by atoms with Gasteiger partial charge >= 0.3 is 6.18 Å². The number of aliphatic hydroxyl groups is 1. The molecule has 1 unspecified atom stereocenters. The van der Waals surface area contributed by atoms with Crippen LogP contribution < -0.4 is 0 Å². The Morgan fingerprint density at radius 2 is 1.67 bits per heavy atom. The minimum Gasteiger partial charge on any atom is -0.376 e. The van der Waals surface area contributed by atoms with E-state index in [4.69, 9.17) is 11.6 Å². The number of H-pyrrole nitrogens is 1. The smallest absolute Gasteiger partial charge is 0.376 e. The number of aromatic amines is 1. The average Bonchev–Trinajstić information content (AvgIpc) is 3.17. The quantitative estimate of drug-likeness (QED) is 0.127. The zero-order chi connectivity index (χ0) is 23.7. The van der Waals surface area contributed by atoms with Crippen LogP contribution in [-0.2, 0) is 5.60 Å². The predicted molar refractivity (Wildman–Crippen MR) is 130 cm³/mol. The highest BCUT2D eigenvalue weighted by atomic mass is 127. The van der Waals surface area contributed by atoms with E-state index >= 15 is 0 Å². The van der Waals surface area contributed by atoms with E-state index in [1.807, 2.05) is 18.2 Å². The summed E-state index contributed by atoms with van der Waals surface area (Å²) in [6, 6.07) is 13.9. The first-order valence-corrected chi connectivity index (χ1v) is 11.2. The number of alkyl halides is 3. The number of imidazole rings is 1. The van der Waals surface area contributed by atoms with Gasteiger partial charge in [-0.2, -0.15) is 13.2 Å². The standard InChI is InChI=1S/C24H14ClF4IN2O/c1-23(33,24(27,28)29)11-5-7-13-15(9-11)16-10-12(30)6-8-14(16)21-20(13)31-22(32-21)19-17(25)3-2-4-18(19)26/h2-10,33H,1H3,(H,31,32). The molecule has 33 heavy (non-hydrogen) atoms. The van der Waals surface area contributed by atoms with E-state index in [2.05, 4.69) is 32.6 Å². The maximum Gasteiger partial charge on any atom is 0.421 e. The molecule has 1 aromatic heterocycles. The lowest BCUT2D eigenvalue weighted by Crippen LogP contribution is -2.39. The molecule has 0 aliphatic heterocycles. The van der Waals surface area contributed by atoms with Crippen LogP contribution in [0.25, 0.3) is 44.0 Å². The number of nitrogens with zero attached hydrogens (tertiary/aromatic N) is 1. The lowest BCUT2D eigenvalue weighted by atomic mass is 9.91. The molecular formula is C24H14ClF4IN2O. The predicted octanol–water partition coefficient (Wildman–Crippen LogP) is 7.70. The molecule has 0 amide bonds. The zero-order valence-corrected chi connectivity index (χ0v) is 19.8. The molecule has 168 valence electrons. The Morgan fingerprint density at radius 1 is 0.970 bits per heavy atom. The molecule has 5 rings (SSSR count). The average molecular weight is 585 g/mol. The third-order valence-corrected chi connectivity index (χ3v) is 6.82. The summed E-state index contributed by atoms with van der Waals surface area (Å²) >= 11 is 8.35. The second kappa shape index (κ2) is 7.54. The number of nitrogens with one attached hydrogen (secondary N) is 1. The van der Waals surface area contributed by atoms with Crippen LogP contribution in [0.1, 0.15) is 12.5 Å². The van der Waals surface area contributed by atoms with Crippen LogP contribution in [0.3, 0.4) is 0 Å². The molecule has 3 nitrogen and oxygen atoms in total. The van der Waals surface area contributed by atoms with Gasteiger partial charge in [-0.15, -0.1) is 0 Å². The normalized spacial score (nSPS) is 14.3. The van der Waals surface area contributed by atoms with Crippen molar-refractivity contribution >= 4 is 66.8 Å². The van der Waals surface area contributed by atoms with Gasteiger partial charge in [-0.3, -0.25) is 0 Å². The summed E-state index contributed by atoms with van der Waals surface area (Å²) in [6.07, 6.45) is -4.85. The monoisotopic (exact) mass is 584 g/mol. The van der Waals surface area contributed by atoms with Crippen molar-refractivity contribution in [1.82, 2.24) is 9.97 Å². The van der Waals surface area contributed by atoms with Gasteiger partial charge in [0, 0.05) is 14.3 Å². The zero-order valence-electron chi connectivity index (χ0n) is 16.9. The maximum atomic E-state index is 14.6. The molecule has 0 fully saturated rings. The fourth-order valence-electron chi connectivity index (χ4n) is 4.00. The van der Waals surface area contributed by atoms with Gasteiger partial charge in [-0.05, 0) is 76.2 Å². The molecule has 9 heteroatoms. The number of aromatic nitrogens is 2. The number of halogens is 6. The van der Waals surface area contributed by atoms with E-state index < -0.39 is 17.6 Å². The molecule has 0 aliphatic carbocycles. The van der Waals surface area contributed by atoms with Gasteiger partial charge < -0.3 is 10.1 Å². The third-order valence-electron chi connectivity index (χ3n) is 5.83. The van der Waals surface area contributed by atoms with Gasteiger partial charge in [0.15, 0.2) is 5.60 Å².